The number of carbonyl (C=O) groups excluding carboxylic acids is 1. The number of hydrogen-bond acceptors (Lipinski definition) is 5. The predicted molar refractivity (Wildman–Crippen MR) is 87.9 cm³/mol. The average Bonchev–Trinajstić information content (AvgIpc) is 3.06. The van der Waals surface area contributed by atoms with Gasteiger partial charge in [-0.25, -0.2) is 8.42 Å². The Balaban J connectivity index is 1.86. The van der Waals surface area contributed by atoms with Gasteiger partial charge in [0.25, 0.3) is 0 Å². The van der Waals surface area contributed by atoms with Crippen molar-refractivity contribution in [3.8, 4) is 0 Å². The quantitative estimate of drug-likeness (QED) is 0.826. The molecule has 0 aliphatic carbocycles. The molecule has 0 unspecified atom stereocenters. The summed E-state index contributed by atoms with van der Waals surface area (Å²) in [5, 5.41) is 3.75. The highest BCUT2D eigenvalue weighted by molar-refractivity contribution is 7.89. The van der Waals surface area contributed by atoms with E-state index in [1.54, 1.807) is 13.8 Å². The number of aryl methyl sites for hydroxylation is 2. The largest absolute Gasteiger partial charge is 0.360 e. The lowest BCUT2D eigenvalue weighted by Gasteiger charge is -2.29. The second-order valence-corrected chi connectivity index (χ2v) is 8.49. The van der Waals surface area contributed by atoms with Crippen molar-refractivity contribution in [2.24, 2.45) is 0 Å². The van der Waals surface area contributed by atoms with Gasteiger partial charge in [0.05, 0.1) is 0 Å². The molecule has 134 valence electrons. The van der Waals surface area contributed by atoms with E-state index in [9.17, 15) is 13.2 Å². The van der Waals surface area contributed by atoms with Crippen molar-refractivity contribution in [1.29, 1.82) is 0 Å². The van der Waals surface area contributed by atoms with Gasteiger partial charge in [0.2, 0.25) is 15.9 Å². The summed E-state index contributed by atoms with van der Waals surface area (Å²) in [6.07, 6.45) is 5.54. The van der Waals surface area contributed by atoms with E-state index in [1.165, 1.54) is 4.31 Å². The SMILES string of the molecule is Cc1noc(C)c1S(=O)(=O)N1CCC[C@H]1C(=O)N1CCCCCC1. The monoisotopic (exact) mass is 355 g/mol. The zero-order chi connectivity index (χ0) is 17.3. The van der Waals surface area contributed by atoms with Crippen LogP contribution in [-0.4, -0.2) is 54.4 Å². The smallest absolute Gasteiger partial charge is 0.249 e. The summed E-state index contributed by atoms with van der Waals surface area (Å²) >= 11 is 0. The Labute approximate surface area is 143 Å². The first-order valence-electron chi connectivity index (χ1n) is 8.66. The molecule has 0 radical (unpaired) electrons. The molecule has 1 atom stereocenters. The van der Waals surface area contributed by atoms with Crippen LogP contribution in [0.4, 0.5) is 0 Å². The molecule has 8 heteroatoms. The standard InChI is InChI=1S/C16H25N3O4S/c1-12-15(13(2)23-17-12)24(21,22)19-11-7-8-14(19)16(20)18-9-5-3-4-6-10-18/h14H,3-11H2,1-2H3/t14-/m0/s1. The molecule has 2 saturated heterocycles. The lowest BCUT2D eigenvalue weighted by atomic mass is 10.2. The Morgan fingerprint density at radius 3 is 2.33 bits per heavy atom. The molecule has 0 N–H and O–H groups in total. The van der Waals surface area contributed by atoms with Crippen LogP contribution < -0.4 is 0 Å². The minimum atomic E-state index is -3.77. The van der Waals surface area contributed by atoms with Crippen molar-refractivity contribution in [2.75, 3.05) is 19.6 Å². The molecule has 3 rings (SSSR count). The summed E-state index contributed by atoms with van der Waals surface area (Å²) in [5.41, 5.74) is 0.348. The van der Waals surface area contributed by atoms with E-state index >= 15 is 0 Å². The lowest BCUT2D eigenvalue weighted by Crippen LogP contribution is -2.48. The molecule has 0 aromatic carbocycles. The fourth-order valence-corrected chi connectivity index (χ4v) is 5.68. The summed E-state index contributed by atoms with van der Waals surface area (Å²) < 4.78 is 32.5. The summed E-state index contributed by atoms with van der Waals surface area (Å²) in [4.78, 5) is 14.9. The van der Waals surface area contributed by atoms with E-state index in [1.807, 2.05) is 4.90 Å². The maximum absolute atomic E-state index is 13.1. The molecule has 2 fully saturated rings. The first-order chi connectivity index (χ1) is 11.4. The molecule has 2 aliphatic rings. The number of rotatable bonds is 3. The lowest BCUT2D eigenvalue weighted by molar-refractivity contribution is -0.134. The van der Waals surface area contributed by atoms with Crippen LogP contribution in [0.3, 0.4) is 0 Å². The number of carbonyl (C=O) groups is 1. The van der Waals surface area contributed by atoms with Crippen molar-refractivity contribution in [1.82, 2.24) is 14.4 Å². The maximum atomic E-state index is 13.1. The van der Waals surface area contributed by atoms with Crippen molar-refractivity contribution >= 4 is 15.9 Å². The molecule has 7 nitrogen and oxygen atoms in total. The molecular weight excluding hydrogens is 330 g/mol. The highest BCUT2D eigenvalue weighted by atomic mass is 32.2. The molecule has 1 amide bonds. The van der Waals surface area contributed by atoms with E-state index in [-0.39, 0.29) is 16.6 Å². The third-order valence-corrected chi connectivity index (χ3v) is 7.09. The maximum Gasteiger partial charge on any atom is 0.249 e. The van der Waals surface area contributed by atoms with Gasteiger partial charge in [-0.2, -0.15) is 4.31 Å². The second kappa shape index (κ2) is 6.84. The van der Waals surface area contributed by atoms with Crippen molar-refractivity contribution in [3.05, 3.63) is 11.5 Å². The number of nitrogens with zero attached hydrogens (tertiary/aromatic N) is 3. The third-order valence-electron chi connectivity index (χ3n) is 4.94. The normalized spacial score (nSPS) is 23.4. The van der Waals surface area contributed by atoms with E-state index in [0.717, 1.165) is 38.8 Å². The van der Waals surface area contributed by atoms with E-state index in [4.69, 9.17) is 4.52 Å². The summed E-state index contributed by atoms with van der Waals surface area (Å²) in [6, 6.07) is -0.596. The number of amides is 1. The first kappa shape index (κ1) is 17.4. The van der Waals surface area contributed by atoms with Gasteiger partial charge >= 0.3 is 0 Å². The number of hydrogen-bond donors (Lipinski definition) is 0. The molecule has 2 aliphatic heterocycles. The number of aromatic nitrogens is 1. The van der Waals surface area contributed by atoms with Crippen molar-refractivity contribution in [2.45, 2.75) is 63.3 Å². The second-order valence-electron chi connectivity index (χ2n) is 6.67. The zero-order valence-electron chi connectivity index (χ0n) is 14.3. The van der Waals surface area contributed by atoms with Crippen LogP contribution in [0.25, 0.3) is 0 Å². The predicted octanol–water partition coefficient (Wildman–Crippen LogP) is 1.85. The van der Waals surface area contributed by atoms with Gasteiger partial charge in [-0.05, 0) is 39.5 Å². The Morgan fingerprint density at radius 1 is 1.08 bits per heavy atom. The molecule has 0 saturated carbocycles. The average molecular weight is 355 g/mol. The molecule has 3 heterocycles. The highest BCUT2D eigenvalue weighted by Gasteiger charge is 2.43. The Morgan fingerprint density at radius 2 is 1.75 bits per heavy atom. The van der Waals surface area contributed by atoms with Gasteiger partial charge in [0.15, 0.2) is 5.76 Å². The highest BCUT2D eigenvalue weighted by Crippen LogP contribution is 2.30. The first-order valence-corrected chi connectivity index (χ1v) is 10.1. The van der Waals surface area contributed by atoms with Crippen LogP contribution in [-0.2, 0) is 14.8 Å². The molecule has 24 heavy (non-hydrogen) atoms. The van der Waals surface area contributed by atoms with Gasteiger partial charge < -0.3 is 9.42 Å². The van der Waals surface area contributed by atoms with Crippen LogP contribution in [0.1, 0.15) is 50.0 Å². The Kier molecular flexibility index (Phi) is 4.96. The van der Waals surface area contributed by atoms with Crippen molar-refractivity contribution in [3.63, 3.8) is 0 Å². The topological polar surface area (TPSA) is 83.7 Å². The van der Waals surface area contributed by atoms with Crippen molar-refractivity contribution < 1.29 is 17.7 Å². The number of likely N-dealkylation sites (tertiary alicyclic amines) is 1. The van der Waals surface area contributed by atoms with Crippen LogP contribution in [0.5, 0.6) is 0 Å². The van der Waals surface area contributed by atoms with Gasteiger partial charge in [0, 0.05) is 19.6 Å². The van der Waals surface area contributed by atoms with E-state index < -0.39 is 16.1 Å². The summed E-state index contributed by atoms with van der Waals surface area (Å²) in [7, 11) is -3.77. The number of sulfonamides is 1. The Hall–Kier alpha value is -1.41. The molecule has 1 aromatic heterocycles. The molecular formula is C16H25N3O4S. The zero-order valence-corrected chi connectivity index (χ0v) is 15.1. The fraction of sp³-hybridized carbons (Fsp3) is 0.750. The minimum Gasteiger partial charge on any atom is -0.360 e. The van der Waals surface area contributed by atoms with Gasteiger partial charge in [-0.15, -0.1) is 0 Å². The van der Waals surface area contributed by atoms with Crippen LogP contribution in [0.15, 0.2) is 9.42 Å². The summed E-state index contributed by atoms with van der Waals surface area (Å²) in [5.74, 6) is 0.227. The third kappa shape index (κ3) is 3.09. The van der Waals surface area contributed by atoms with Gasteiger partial charge in [-0.1, -0.05) is 18.0 Å². The van der Waals surface area contributed by atoms with Crippen LogP contribution in [0.2, 0.25) is 0 Å². The minimum absolute atomic E-state index is 0.0512. The van der Waals surface area contributed by atoms with E-state index in [0.29, 0.717) is 25.1 Å². The molecule has 0 bridgehead atoms. The van der Waals surface area contributed by atoms with Gasteiger partial charge in [-0.3, -0.25) is 4.79 Å². The Bertz CT molecular complexity index is 685. The summed E-state index contributed by atoms with van der Waals surface area (Å²) in [6.45, 7) is 5.04. The van der Waals surface area contributed by atoms with Gasteiger partial charge in [0.1, 0.15) is 16.6 Å². The van der Waals surface area contributed by atoms with E-state index in [2.05, 4.69) is 5.16 Å². The van der Waals surface area contributed by atoms with Crippen LogP contribution >= 0.6 is 0 Å². The van der Waals surface area contributed by atoms with Crippen LogP contribution in [0, 0.1) is 13.8 Å². The molecule has 0 spiro atoms. The molecule has 1 aromatic rings. The fourth-order valence-electron chi connectivity index (χ4n) is 3.74.